The van der Waals surface area contributed by atoms with Crippen molar-refractivity contribution in [2.75, 3.05) is 11.5 Å². The molecule has 2 aliphatic carbocycles. The second kappa shape index (κ2) is 7.95. The monoisotopic (exact) mass is 429 g/mol. The Hall–Kier alpha value is -2.12. The number of nitrogens with zero attached hydrogens (tertiary/aromatic N) is 1. The summed E-state index contributed by atoms with van der Waals surface area (Å²) in [6.07, 6.45) is -2.45. The molecule has 0 saturated heterocycles. The average Bonchev–Trinajstić information content (AvgIpc) is 3.56. The highest BCUT2D eigenvalue weighted by molar-refractivity contribution is 7.91. The van der Waals surface area contributed by atoms with Crippen molar-refractivity contribution in [3.63, 3.8) is 0 Å². The molecule has 2 aliphatic rings. The number of carbonyl (C=O) groups excluding carboxylic acids is 1. The molecule has 1 amide bonds. The molecule has 2 N–H and O–H groups in total. The van der Waals surface area contributed by atoms with Gasteiger partial charge in [0.2, 0.25) is 5.91 Å². The lowest BCUT2D eigenvalue weighted by atomic mass is 10.1. The molecule has 10 heteroatoms. The van der Waals surface area contributed by atoms with Crippen LogP contribution in [0.1, 0.15) is 37.3 Å². The average molecular weight is 429 g/mol. The van der Waals surface area contributed by atoms with Gasteiger partial charge in [0, 0.05) is 0 Å². The summed E-state index contributed by atoms with van der Waals surface area (Å²) in [6, 6.07) is 5.03. The minimum absolute atomic E-state index is 0.00475. The standard InChI is InChI=1S/C19H22F3N3O3S/c20-19(21,22)16(14-4-2-1-3-5-14)24-15(11-29(27,28)10-13-6-7-13)17(26)25-18(12-23)8-9-18/h1-5,13,15-16,24H,6-11H2,(H,25,26)/t15-,16-/m0/s1. The van der Waals surface area contributed by atoms with E-state index in [1.165, 1.54) is 24.3 Å². The maximum Gasteiger partial charge on any atom is 0.407 e. The van der Waals surface area contributed by atoms with Crippen molar-refractivity contribution in [1.82, 2.24) is 10.6 Å². The van der Waals surface area contributed by atoms with E-state index in [1.54, 1.807) is 6.07 Å². The molecule has 0 bridgehead atoms. The van der Waals surface area contributed by atoms with Crippen molar-refractivity contribution >= 4 is 15.7 Å². The number of carbonyl (C=O) groups is 1. The van der Waals surface area contributed by atoms with Gasteiger partial charge in [0.15, 0.2) is 9.84 Å². The maximum absolute atomic E-state index is 13.7. The van der Waals surface area contributed by atoms with Crippen molar-refractivity contribution in [3.8, 4) is 6.07 Å². The van der Waals surface area contributed by atoms with Gasteiger partial charge in [-0.3, -0.25) is 10.1 Å². The fraction of sp³-hybridized carbons (Fsp3) is 0.579. The van der Waals surface area contributed by atoms with Crippen LogP contribution in [0.2, 0.25) is 0 Å². The van der Waals surface area contributed by atoms with Gasteiger partial charge in [-0.15, -0.1) is 0 Å². The van der Waals surface area contributed by atoms with Gasteiger partial charge in [0.25, 0.3) is 0 Å². The first-order chi connectivity index (χ1) is 13.5. The first-order valence-corrected chi connectivity index (χ1v) is 11.2. The fourth-order valence-corrected chi connectivity index (χ4v) is 5.05. The smallest absolute Gasteiger partial charge is 0.336 e. The minimum atomic E-state index is -4.74. The number of hydrogen-bond acceptors (Lipinski definition) is 5. The van der Waals surface area contributed by atoms with Crippen LogP contribution in [-0.4, -0.2) is 43.6 Å². The molecule has 6 nitrogen and oxygen atoms in total. The Bertz CT molecular complexity index is 889. The summed E-state index contributed by atoms with van der Waals surface area (Å²) < 4.78 is 66.0. The molecule has 0 unspecified atom stereocenters. The summed E-state index contributed by atoms with van der Waals surface area (Å²) in [5.74, 6) is -1.81. The third-order valence-corrected chi connectivity index (χ3v) is 6.90. The van der Waals surface area contributed by atoms with Crippen LogP contribution in [0.3, 0.4) is 0 Å². The van der Waals surface area contributed by atoms with Crippen LogP contribution >= 0.6 is 0 Å². The third kappa shape index (κ3) is 5.93. The van der Waals surface area contributed by atoms with E-state index in [4.69, 9.17) is 5.26 Å². The van der Waals surface area contributed by atoms with Crippen LogP contribution in [0.25, 0.3) is 0 Å². The van der Waals surface area contributed by atoms with E-state index < -0.39 is 45.3 Å². The van der Waals surface area contributed by atoms with Gasteiger partial charge in [0.05, 0.1) is 17.6 Å². The first kappa shape index (κ1) is 21.6. The third-order valence-electron chi connectivity index (χ3n) is 5.08. The van der Waals surface area contributed by atoms with Gasteiger partial charge >= 0.3 is 6.18 Å². The molecule has 0 radical (unpaired) electrons. The normalized spacial score (nSPS) is 20.3. The predicted octanol–water partition coefficient (Wildman–Crippen LogP) is 2.25. The molecule has 2 atom stereocenters. The summed E-state index contributed by atoms with van der Waals surface area (Å²) >= 11 is 0. The fourth-order valence-electron chi connectivity index (χ4n) is 3.10. The molecule has 0 heterocycles. The summed E-state index contributed by atoms with van der Waals surface area (Å²) in [5.41, 5.74) is -1.24. The van der Waals surface area contributed by atoms with Crippen molar-refractivity contribution in [2.24, 2.45) is 5.92 Å². The van der Waals surface area contributed by atoms with Gasteiger partial charge in [0.1, 0.15) is 17.6 Å². The number of nitriles is 1. The van der Waals surface area contributed by atoms with E-state index in [2.05, 4.69) is 10.6 Å². The quantitative estimate of drug-likeness (QED) is 0.627. The summed E-state index contributed by atoms with van der Waals surface area (Å²) in [7, 11) is -3.75. The molecule has 0 aliphatic heterocycles. The number of sulfone groups is 1. The first-order valence-electron chi connectivity index (χ1n) is 9.35. The van der Waals surface area contributed by atoms with Gasteiger partial charge in [-0.2, -0.15) is 18.4 Å². The molecule has 1 aromatic rings. The highest BCUT2D eigenvalue weighted by Crippen LogP contribution is 2.36. The van der Waals surface area contributed by atoms with E-state index >= 15 is 0 Å². The Labute approximate surface area is 167 Å². The molecule has 0 aromatic heterocycles. The molecule has 1 aromatic carbocycles. The SMILES string of the molecule is N#CC1(NC(=O)[C@H](CS(=O)(=O)CC2CC2)N[C@@H](c2ccccc2)C(F)(F)F)CC1. The van der Waals surface area contributed by atoms with Crippen LogP contribution in [0.4, 0.5) is 13.2 Å². The highest BCUT2D eigenvalue weighted by atomic mass is 32.2. The predicted molar refractivity (Wildman–Crippen MR) is 99.3 cm³/mol. The molecular weight excluding hydrogens is 407 g/mol. The number of nitrogens with one attached hydrogen (secondary N) is 2. The van der Waals surface area contributed by atoms with Crippen molar-refractivity contribution in [3.05, 3.63) is 35.9 Å². The molecule has 2 saturated carbocycles. The largest absolute Gasteiger partial charge is 0.407 e. The van der Waals surface area contributed by atoms with Crippen LogP contribution in [-0.2, 0) is 14.6 Å². The van der Waals surface area contributed by atoms with E-state index in [0.29, 0.717) is 12.8 Å². The Morgan fingerprint density at radius 1 is 1.24 bits per heavy atom. The second-order valence-electron chi connectivity index (χ2n) is 7.81. The van der Waals surface area contributed by atoms with Crippen molar-refractivity contribution in [1.29, 1.82) is 5.26 Å². The molecule has 2 fully saturated rings. The Morgan fingerprint density at radius 3 is 2.34 bits per heavy atom. The molecule has 158 valence electrons. The summed E-state index contributed by atoms with van der Waals surface area (Å²) in [4.78, 5) is 12.7. The Kier molecular flexibility index (Phi) is 5.92. The molecule has 29 heavy (non-hydrogen) atoms. The van der Waals surface area contributed by atoms with Crippen LogP contribution in [0.5, 0.6) is 0 Å². The van der Waals surface area contributed by atoms with Gasteiger partial charge in [-0.05, 0) is 37.2 Å². The number of hydrogen-bond donors (Lipinski definition) is 2. The number of rotatable bonds is 9. The topological polar surface area (TPSA) is 99.1 Å². The minimum Gasteiger partial charge on any atom is -0.336 e. The zero-order valence-corrected chi connectivity index (χ0v) is 16.4. The van der Waals surface area contributed by atoms with Crippen LogP contribution < -0.4 is 10.6 Å². The lowest BCUT2D eigenvalue weighted by Crippen LogP contribution is -2.54. The zero-order valence-electron chi connectivity index (χ0n) is 15.6. The number of benzene rings is 1. The summed E-state index contributed by atoms with van der Waals surface area (Å²) in [6.45, 7) is 0. The van der Waals surface area contributed by atoms with Crippen molar-refractivity contribution < 1.29 is 26.4 Å². The Morgan fingerprint density at radius 2 is 1.86 bits per heavy atom. The number of halogens is 3. The highest BCUT2D eigenvalue weighted by Gasteiger charge is 2.48. The van der Waals surface area contributed by atoms with Gasteiger partial charge in [-0.1, -0.05) is 30.3 Å². The van der Waals surface area contributed by atoms with E-state index in [9.17, 15) is 26.4 Å². The van der Waals surface area contributed by atoms with E-state index in [-0.39, 0.29) is 17.2 Å². The van der Waals surface area contributed by atoms with Gasteiger partial charge < -0.3 is 5.32 Å². The van der Waals surface area contributed by atoms with Crippen LogP contribution in [0.15, 0.2) is 30.3 Å². The second-order valence-corrected chi connectivity index (χ2v) is 9.96. The van der Waals surface area contributed by atoms with Crippen molar-refractivity contribution in [2.45, 2.75) is 49.5 Å². The molecule has 0 spiro atoms. The Balaban J connectivity index is 1.84. The lowest BCUT2D eigenvalue weighted by Gasteiger charge is -2.28. The van der Waals surface area contributed by atoms with E-state index in [1.807, 2.05) is 6.07 Å². The summed E-state index contributed by atoms with van der Waals surface area (Å²) in [5, 5.41) is 13.8. The molecule has 3 rings (SSSR count). The zero-order chi connectivity index (χ0) is 21.3. The van der Waals surface area contributed by atoms with E-state index in [0.717, 1.165) is 12.8 Å². The number of alkyl halides is 3. The number of amides is 1. The van der Waals surface area contributed by atoms with Crippen LogP contribution in [0, 0.1) is 17.2 Å². The van der Waals surface area contributed by atoms with Gasteiger partial charge in [-0.25, -0.2) is 8.42 Å². The lowest BCUT2D eigenvalue weighted by molar-refractivity contribution is -0.160. The molecular formula is C19H22F3N3O3S. The maximum atomic E-state index is 13.7.